The number of nitrogens with two attached hydrogens (primary N) is 2. The lowest BCUT2D eigenvalue weighted by molar-refractivity contribution is 1.30. The van der Waals surface area contributed by atoms with E-state index < -0.39 is 0 Å². The summed E-state index contributed by atoms with van der Waals surface area (Å²) in [5, 5.41) is 3.09. The van der Waals surface area contributed by atoms with E-state index in [1.165, 1.54) is 0 Å². The summed E-state index contributed by atoms with van der Waals surface area (Å²) in [6, 6.07) is 12.0. The zero-order valence-corrected chi connectivity index (χ0v) is 14.0. The number of guanidine groups is 2. The molecular formula is C18H23N5. The van der Waals surface area contributed by atoms with Crippen LogP contribution < -0.4 is 16.8 Å². The number of hydrogen-bond acceptors (Lipinski definition) is 1. The van der Waals surface area contributed by atoms with Crippen LogP contribution in [0.4, 0.5) is 11.4 Å². The van der Waals surface area contributed by atoms with Crippen LogP contribution in [-0.4, -0.2) is 11.9 Å². The molecule has 23 heavy (non-hydrogen) atoms. The quantitative estimate of drug-likeness (QED) is 0.587. The number of nitrogens with one attached hydrogen (secondary N) is 1. The Hall–Kier alpha value is -2.82. The van der Waals surface area contributed by atoms with Crippen molar-refractivity contribution >= 4 is 23.3 Å². The molecule has 0 atom stereocenters. The molecule has 0 fully saturated rings. The van der Waals surface area contributed by atoms with E-state index in [2.05, 4.69) is 15.3 Å². The van der Waals surface area contributed by atoms with Crippen molar-refractivity contribution in [3.05, 3.63) is 58.7 Å². The van der Waals surface area contributed by atoms with Crippen molar-refractivity contribution in [1.82, 2.24) is 0 Å². The van der Waals surface area contributed by atoms with Crippen molar-refractivity contribution in [3.63, 3.8) is 0 Å². The average Bonchev–Trinajstić information content (AvgIpc) is 2.47. The van der Waals surface area contributed by atoms with Gasteiger partial charge in [0.25, 0.3) is 0 Å². The number of aliphatic imine (C=N–C) groups is 2. The minimum Gasteiger partial charge on any atom is -0.369 e. The first kappa shape index (κ1) is 16.5. The highest BCUT2D eigenvalue weighted by atomic mass is 15.2. The molecule has 0 saturated carbocycles. The molecule has 0 aliphatic carbocycles. The average molecular weight is 309 g/mol. The monoisotopic (exact) mass is 309 g/mol. The summed E-state index contributed by atoms with van der Waals surface area (Å²) in [5.41, 5.74) is 17.9. The van der Waals surface area contributed by atoms with Gasteiger partial charge in [0.15, 0.2) is 0 Å². The van der Waals surface area contributed by atoms with Crippen LogP contribution in [-0.2, 0) is 0 Å². The minimum absolute atomic E-state index is 0.124. The largest absolute Gasteiger partial charge is 0.369 e. The topological polar surface area (TPSA) is 88.8 Å². The van der Waals surface area contributed by atoms with Crippen molar-refractivity contribution in [2.45, 2.75) is 27.7 Å². The lowest BCUT2D eigenvalue weighted by Crippen LogP contribution is -2.26. The van der Waals surface area contributed by atoms with Gasteiger partial charge in [0.2, 0.25) is 11.9 Å². The molecule has 2 aromatic rings. The SMILES string of the molecule is Cc1cccc(C)c1N=C(N)N=C(N)Nc1c(C)cccc1C. The second kappa shape index (κ2) is 6.96. The van der Waals surface area contributed by atoms with Crippen LogP contribution in [0.3, 0.4) is 0 Å². The Kier molecular flexibility index (Phi) is 5.01. The maximum absolute atomic E-state index is 5.95. The number of rotatable bonds is 2. The molecule has 0 bridgehead atoms. The van der Waals surface area contributed by atoms with E-state index in [1.54, 1.807) is 0 Å². The minimum atomic E-state index is 0.124. The van der Waals surface area contributed by atoms with Crippen LogP contribution in [0.2, 0.25) is 0 Å². The summed E-state index contributed by atoms with van der Waals surface area (Å²) in [4.78, 5) is 8.51. The second-order valence-corrected chi connectivity index (χ2v) is 5.60. The van der Waals surface area contributed by atoms with Gasteiger partial charge in [0.1, 0.15) is 0 Å². The lowest BCUT2D eigenvalue weighted by Gasteiger charge is -2.11. The number of nitrogens with zero attached hydrogens (tertiary/aromatic N) is 2. The Labute approximate surface area is 137 Å². The predicted molar refractivity (Wildman–Crippen MR) is 98.4 cm³/mol. The third kappa shape index (κ3) is 4.10. The van der Waals surface area contributed by atoms with Crippen LogP contribution in [0.15, 0.2) is 46.4 Å². The van der Waals surface area contributed by atoms with E-state index >= 15 is 0 Å². The van der Waals surface area contributed by atoms with Crippen LogP contribution in [0.5, 0.6) is 0 Å². The van der Waals surface area contributed by atoms with Gasteiger partial charge < -0.3 is 16.8 Å². The lowest BCUT2D eigenvalue weighted by atomic mass is 10.1. The van der Waals surface area contributed by atoms with Gasteiger partial charge in [-0.1, -0.05) is 36.4 Å². The Morgan fingerprint density at radius 2 is 1.30 bits per heavy atom. The standard InChI is InChI=1S/C18H23N5/c1-11-7-5-8-12(2)15(11)21-17(19)23-18(20)22-16-13(3)9-6-10-14(16)4/h5-10H,1-4H3,(H5,19,20,21,22,23). The van der Waals surface area contributed by atoms with Crippen LogP contribution in [0.25, 0.3) is 0 Å². The number of benzene rings is 2. The maximum Gasteiger partial charge on any atom is 0.223 e. The van der Waals surface area contributed by atoms with Gasteiger partial charge in [-0.05, 0) is 49.9 Å². The van der Waals surface area contributed by atoms with E-state index in [0.29, 0.717) is 0 Å². The molecule has 0 aromatic heterocycles. The predicted octanol–water partition coefficient (Wildman–Crippen LogP) is 3.29. The zero-order chi connectivity index (χ0) is 17.0. The Morgan fingerprint density at radius 3 is 1.83 bits per heavy atom. The van der Waals surface area contributed by atoms with E-state index in [1.807, 2.05) is 64.1 Å². The molecule has 2 rings (SSSR count). The fraction of sp³-hybridized carbons (Fsp3) is 0.222. The second-order valence-electron chi connectivity index (χ2n) is 5.60. The Balaban J connectivity index is 2.25. The number of anilines is 1. The molecule has 0 saturated heterocycles. The van der Waals surface area contributed by atoms with Crippen LogP contribution in [0, 0.1) is 27.7 Å². The van der Waals surface area contributed by atoms with Crippen molar-refractivity contribution in [1.29, 1.82) is 0 Å². The van der Waals surface area contributed by atoms with Crippen molar-refractivity contribution in [2.75, 3.05) is 5.32 Å². The molecule has 120 valence electrons. The van der Waals surface area contributed by atoms with Gasteiger partial charge in [0, 0.05) is 5.69 Å². The third-order valence-corrected chi connectivity index (χ3v) is 3.64. The van der Waals surface area contributed by atoms with E-state index in [9.17, 15) is 0 Å². The molecule has 0 amide bonds. The van der Waals surface area contributed by atoms with Crippen molar-refractivity contribution in [2.24, 2.45) is 21.5 Å². The molecule has 0 aliphatic rings. The Morgan fingerprint density at radius 1 is 0.826 bits per heavy atom. The summed E-state index contributed by atoms with van der Waals surface area (Å²) in [7, 11) is 0. The highest BCUT2D eigenvalue weighted by Gasteiger charge is 2.05. The first-order chi connectivity index (χ1) is 10.9. The normalized spacial score (nSPS) is 12.3. The maximum atomic E-state index is 5.95. The van der Waals surface area contributed by atoms with Gasteiger partial charge in [-0.15, -0.1) is 0 Å². The van der Waals surface area contributed by atoms with E-state index in [-0.39, 0.29) is 11.9 Å². The van der Waals surface area contributed by atoms with Gasteiger partial charge >= 0.3 is 0 Å². The molecular weight excluding hydrogens is 286 g/mol. The molecule has 5 nitrogen and oxygen atoms in total. The molecule has 5 heteroatoms. The van der Waals surface area contributed by atoms with Crippen molar-refractivity contribution in [3.8, 4) is 0 Å². The molecule has 0 aliphatic heterocycles. The molecule has 2 aromatic carbocycles. The number of para-hydroxylation sites is 2. The van der Waals surface area contributed by atoms with Crippen molar-refractivity contribution < 1.29 is 0 Å². The Bertz CT molecular complexity index is 734. The van der Waals surface area contributed by atoms with Gasteiger partial charge in [-0.2, -0.15) is 4.99 Å². The molecule has 0 radical (unpaired) electrons. The smallest absolute Gasteiger partial charge is 0.223 e. The summed E-state index contributed by atoms with van der Waals surface area (Å²) in [5.74, 6) is 0.341. The third-order valence-electron chi connectivity index (χ3n) is 3.64. The van der Waals surface area contributed by atoms with Crippen LogP contribution in [0.1, 0.15) is 22.3 Å². The van der Waals surface area contributed by atoms with Gasteiger partial charge in [0.05, 0.1) is 5.69 Å². The molecule has 5 N–H and O–H groups in total. The van der Waals surface area contributed by atoms with E-state index in [0.717, 1.165) is 33.6 Å². The highest BCUT2D eigenvalue weighted by Crippen LogP contribution is 2.23. The van der Waals surface area contributed by atoms with E-state index in [4.69, 9.17) is 11.5 Å². The fourth-order valence-electron chi connectivity index (χ4n) is 2.41. The summed E-state index contributed by atoms with van der Waals surface area (Å²) in [6.07, 6.45) is 0. The number of aryl methyl sites for hydroxylation is 4. The molecule has 0 unspecified atom stereocenters. The summed E-state index contributed by atoms with van der Waals surface area (Å²) >= 11 is 0. The van der Waals surface area contributed by atoms with Crippen LogP contribution >= 0.6 is 0 Å². The first-order valence-electron chi connectivity index (χ1n) is 7.46. The number of hydrogen-bond donors (Lipinski definition) is 3. The zero-order valence-electron chi connectivity index (χ0n) is 14.0. The fourth-order valence-corrected chi connectivity index (χ4v) is 2.41. The highest BCUT2D eigenvalue weighted by molar-refractivity contribution is 6.02. The molecule has 0 heterocycles. The summed E-state index contributed by atoms with van der Waals surface area (Å²) < 4.78 is 0. The summed E-state index contributed by atoms with van der Waals surface area (Å²) in [6.45, 7) is 8.00. The molecule has 0 spiro atoms. The first-order valence-corrected chi connectivity index (χ1v) is 7.46. The van der Waals surface area contributed by atoms with Gasteiger partial charge in [-0.3, -0.25) is 0 Å². The van der Waals surface area contributed by atoms with Gasteiger partial charge in [-0.25, -0.2) is 4.99 Å².